The van der Waals surface area contributed by atoms with Gasteiger partial charge in [-0.3, -0.25) is 10.0 Å². The molecule has 3 aromatic rings. The Bertz CT molecular complexity index is 1030. The molecule has 4 rings (SSSR count). The van der Waals surface area contributed by atoms with Gasteiger partial charge in [0.1, 0.15) is 17.9 Å². The van der Waals surface area contributed by atoms with Crippen molar-refractivity contribution in [3.05, 3.63) is 54.4 Å². The van der Waals surface area contributed by atoms with Crippen molar-refractivity contribution in [3.63, 3.8) is 0 Å². The Morgan fingerprint density at radius 3 is 2.68 bits per heavy atom. The van der Waals surface area contributed by atoms with Gasteiger partial charge in [-0.15, -0.1) is 0 Å². The smallest absolute Gasteiger partial charge is 0.254 e. The standard InChI is InChI=1S/C21H22N4O3/c1-25(19-15-6-3-4-7-17(15)22-13-23-19)14-8-9-18(28-2)16(12-14)21(10-5-11-21)20(26)24-27/h3-4,6-9,12-13,27H,5,10-11H2,1-2H3,(H,24,26). The zero-order valence-electron chi connectivity index (χ0n) is 15.8. The first kappa shape index (κ1) is 18.2. The van der Waals surface area contributed by atoms with Crippen molar-refractivity contribution in [2.45, 2.75) is 24.7 Å². The van der Waals surface area contributed by atoms with Gasteiger partial charge in [0.25, 0.3) is 5.91 Å². The zero-order valence-corrected chi connectivity index (χ0v) is 15.8. The molecule has 1 heterocycles. The molecule has 7 heteroatoms. The minimum absolute atomic E-state index is 0.399. The molecule has 1 saturated carbocycles. The van der Waals surface area contributed by atoms with E-state index < -0.39 is 11.3 Å². The van der Waals surface area contributed by atoms with Crippen molar-refractivity contribution in [1.29, 1.82) is 0 Å². The molecule has 0 saturated heterocycles. The summed E-state index contributed by atoms with van der Waals surface area (Å²) in [5.41, 5.74) is 3.57. The van der Waals surface area contributed by atoms with Gasteiger partial charge >= 0.3 is 0 Å². The average Bonchev–Trinajstić information content (AvgIpc) is 2.71. The van der Waals surface area contributed by atoms with Crippen LogP contribution < -0.4 is 15.1 Å². The van der Waals surface area contributed by atoms with Crippen LogP contribution in [-0.4, -0.2) is 35.2 Å². The number of nitrogens with zero attached hydrogens (tertiary/aromatic N) is 3. The Kier molecular flexibility index (Phi) is 4.60. The molecule has 1 amide bonds. The van der Waals surface area contributed by atoms with Crippen molar-refractivity contribution >= 4 is 28.3 Å². The maximum absolute atomic E-state index is 12.5. The second-order valence-electron chi connectivity index (χ2n) is 7.03. The van der Waals surface area contributed by atoms with E-state index in [2.05, 4.69) is 9.97 Å². The number of hydroxylamine groups is 1. The number of fused-ring (bicyclic) bond motifs is 1. The van der Waals surface area contributed by atoms with Crippen LogP contribution in [0.5, 0.6) is 5.75 Å². The minimum atomic E-state index is -0.773. The van der Waals surface area contributed by atoms with E-state index in [0.29, 0.717) is 18.6 Å². The van der Waals surface area contributed by atoms with Gasteiger partial charge in [0.2, 0.25) is 0 Å². The summed E-state index contributed by atoms with van der Waals surface area (Å²) in [7, 11) is 3.52. The van der Waals surface area contributed by atoms with Gasteiger partial charge < -0.3 is 9.64 Å². The fourth-order valence-corrected chi connectivity index (χ4v) is 3.91. The van der Waals surface area contributed by atoms with E-state index in [9.17, 15) is 10.0 Å². The zero-order chi connectivity index (χ0) is 19.7. The molecule has 2 N–H and O–H groups in total. The molecule has 1 fully saturated rings. The van der Waals surface area contributed by atoms with Crippen molar-refractivity contribution < 1.29 is 14.7 Å². The molecule has 144 valence electrons. The van der Waals surface area contributed by atoms with E-state index in [4.69, 9.17) is 4.74 Å². The Morgan fingerprint density at radius 2 is 2.00 bits per heavy atom. The molecule has 1 aliphatic rings. The van der Waals surface area contributed by atoms with Gasteiger partial charge in [0.05, 0.1) is 18.0 Å². The lowest BCUT2D eigenvalue weighted by molar-refractivity contribution is -0.138. The summed E-state index contributed by atoms with van der Waals surface area (Å²) >= 11 is 0. The fraction of sp³-hybridized carbons (Fsp3) is 0.286. The number of nitrogens with one attached hydrogen (secondary N) is 1. The van der Waals surface area contributed by atoms with Crippen molar-refractivity contribution in [1.82, 2.24) is 15.4 Å². The Balaban J connectivity index is 1.82. The Hall–Kier alpha value is -3.19. The normalized spacial score (nSPS) is 15.0. The topological polar surface area (TPSA) is 87.6 Å². The van der Waals surface area contributed by atoms with Crippen LogP contribution in [0.1, 0.15) is 24.8 Å². The number of anilines is 2. The SMILES string of the molecule is COc1ccc(N(C)c2ncnc3ccccc23)cc1C1(C(=O)NO)CCC1. The molecular weight excluding hydrogens is 356 g/mol. The van der Waals surface area contributed by atoms with E-state index in [-0.39, 0.29) is 0 Å². The van der Waals surface area contributed by atoms with Crippen LogP contribution in [0.15, 0.2) is 48.8 Å². The highest BCUT2D eigenvalue weighted by Crippen LogP contribution is 2.48. The number of ether oxygens (including phenoxy) is 1. The van der Waals surface area contributed by atoms with Crippen LogP contribution in [0.2, 0.25) is 0 Å². The van der Waals surface area contributed by atoms with Gasteiger partial charge in [-0.05, 0) is 43.2 Å². The Labute approximate surface area is 162 Å². The first-order valence-corrected chi connectivity index (χ1v) is 9.17. The van der Waals surface area contributed by atoms with Gasteiger partial charge in [-0.2, -0.15) is 0 Å². The summed E-state index contributed by atoms with van der Waals surface area (Å²) in [6, 6.07) is 13.6. The molecule has 0 radical (unpaired) electrons. The number of aromatic nitrogens is 2. The van der Waals surface area contributed by atoms with Crippen LogP contribution >= 0.6 is 0 Å². The fourth-order valence-electron chi connectivity index (χ4n) is 3.91. The van der Waals surface area contributed by atoms with E-state index in [0.717, 1.165) is 34.4 Å². The van der Waals surface area contributed by atoms with Crippen molar-refractivity contribution in [2.24, 2.45) is 0 Å². The molecule has 2 aromatic carbocycles. The highest BCUT2D eigenvalue weighted by molar-refractivity contribution is 5.92. The van der Waals surface area contributed by atoms with Gasteiger partial charge in [-0.25, -0.2) is 15.4 Å². The maximum Gasteiger partial charge on any atom is 0.254 e. The van der Waals surface area contributed by atoms with E-state index in [1.807, 2.05) is 59.9 Å². The van der Waals surface area contributed by atoms with Gasteiger partial charge in [0.15, 0.2) is 0 Å². The predicted octanol–water partition coefficient (Wildman–Crippen LogP) is 3.33. The summed E-state index contributed by atoms with van der Waals surface area (Å²) in [5, 5.41) is 10.2. The minimum Gasteiger partial charge on any atom is -0.496 e. The summed E-state index contributed by atoms with van der Waals surface area (Å²) in [6.45, 7) is 0. The molecule has 0 atom stereocenters. The summed E-state index contributed by atoms with van der Waals surface area (Å²) < 4.78 is 5.53. The molecular formula is C21H22N4O3. The third-order valence-corrected chi connectivity index (χ3v) is 5.67. The summed E-state index contributed by atoms with van der Waals surface area (Å²) in [5.74, 6) is 1.01. The highest BCUT2D eigenvalue weighted by Gasteiger charge is 2.47. The lowest BCUT2D eigenvalue weighted by atomic mass is 9.63. The first-order chi connectivity index (χ1) is 13.6. The quantitative estimate of drug-likeness (QED) is 0.523. The number of rotatable bonds is 5. The summed E-state index contributed by atoms with van der Waals surface area (Å²) in [6.07, 6.45) is 3.80. The predicted molar refractivity (Wildman–Crippen MR) is 106 cm³/mol. The van der Waals surface area contributed by atoms with E-state index in [1.54, 1.807) is 13.4 Å². The van der Waals surface area contributed by atoms with Crippen LogP contribution in [-0.2, 0) is 10.2 Å². The monoisotopic (exact) mass is 378 g/mol. The first-order valence-electron chi connectivity index (χ1n) is 9.17. The lowest BCUT2D eigenvalue weighted by Gasteiger charge is -2.41. The molecule has 1 aromatic heterocycles. The molecule has 0 aliphatic heterocycles. The second-order valence-corrected chi connectivity index (χ2v) is 7.03. The number of para-hydroxylation sites is 1. The average molecular weight is 378 g/mol. The number of amides is 1. The summed E-state index contributed by atoms with van der Waals surface area (Å²) in [4.78, 5) is 23.2. The third kappa shape index (κ3) is 2.75. The van der Waals surface area contributed by atoms with Crippen LogP contribution in [0.3, 0.4) is 0 Å². The number of benzene rings is 2. The number of carbonyl (C=O) groups excluding carboxylic acids is 1. The van der Waals surface area contributed by atoms with E-state index in [1.165, 1.54) is 0 Å². The third-order valence-electron chi connectivity index (χ3n) is 5.67. The lowest BCUT2D eigenvalue weighted by Crippen LogP contribution is -2.48. The Morgan fingerprint density at radius 1 is 1.21 bits per heavy atom. The molecule has 0 bridgehead atoms. The van der Waals surface area contributed by atoms with Gasteiger partial charge in [0, 0.05) is 23.7 Å². The van der Waals surface area contributed by atoms with Crippen LogP contribution in [0, 0.1) is 0 Å². The molecule has 1 aliphatic carbocycles. The number of methoxy groups -OCH3 is 1. The van der Waals surface area contributed by atoms with Crippen LogP contribution in [0.25, 0.3) is 10.9 Å². The van der Waals surface area contributed by atoms with Crippen molar-refractivity contribution in [2.75, 3.05) is 19.1 Å². The highest BCUT2D eigenvalue weighted by atomic mass is 16.5. The molecule has 0 unspecified atom stereocenters. The molecule has 28 heavy (non-hydrogen) atoms. The number of hydrogen-bond donors (Lipinski definition) is 2. The molecule has 0 spiro atoms. The van der Waals surface area contributed by atoms with E-state index >= 15 is 0 Å². The van der Waals surface area contributed by atoms with Gasteiger partial charge in [-0.1, -0.05) is 18.6 Å². The largest absolute Gasteiger partial charge is 0.496 e. The molecule has 7 nitrogen and oxygen atoms in total. The van der Waals surface area contributed by atoms with Crippen LogP contribution in [0.4, 0.5) is 11.5 Å². The maximum atomic E-state index is 12.5. The second kappa shape index (κ2) is 7.09. The number of carbonyl (C=O) groups is 1. The number of hydrogen-bond acceptors (Lipinski definition) is 6. The van der Waals surface area contributed by atoms with Crippen molar-refractivity contribution in [3.8, 4) is 5.75 Å².